The van der Waals surface area contributed by atoms with E-state index < -0.39 is 0 Å². The first-order valence-electron chi connectivity index (χ1n) is 5.68. The smallest absolute Gasteiger partial charge is 0.249 e. The van der Waals surface area contributed by atoms with Crippen LogP contribution in [0.25, 0.3) is 0 Å². The average Bonchev–Trinajstić information content (AvgIpc) is 2.61. The van der Waals surface area contributed by atoms with Crippen molar-refractivity contribution in [3.8, 4) is 0 Å². The number of halogens is 1. The van der Waals surface area contributed by atoms with E-state index in [0.29, 0.717) is 19.1 Å². The fourth-order valence-corrected chi connectivity index (χ4v) is 2.05. The third-order valence-corrected chi connectivity index (χ3v) is 3.12. The predicted molar refractivity (Wildman–Crippen MR) is 61.1 cm³/mol. The molecule has 88 valence electrons. The van der Waals surface area contributed by atoms with Gasteiger partial charge in [0.1, 0.15) is 6.10 Å². The van der Waals surface area contributed by atoms with Crippen LogP contribution in [0, 0.1) is 5.92 Å². The van der Waals surface area contributed by atoms with Crippen LogP contribution < -0.4 is 5.32 Å². The molecular formula is C11H20ClNO2. The molecule has 0 aromatic heterocycles. The van der Waals surface area contributed by atoms with Gasteiger partial charge in [0.25, 0.3) is 0 Å². The van der Waals surface area contributed by atoms with Crippen LogP contribution in [-0.4, -0.2) is 30.5 Å². The quantitative estimate of drug-likeness (QED) is 0.737. The molecule has 0 aliphatic carbocycles. The maximum Gasteiger partial charge on any atom is 0.249 e. The topological polar surface area (TPSA) is 38.3 Å². The Kier molecular flexibility index (Phi) is 5.40. The first-order chi connectivity index (χ1) is 7.15. The minimum atomic E-state index is -0.268. The number of hydrogen-bond donors (Lipinski definition) is 1. The van der Waals surface area contributed by atoms with Crippen molar-refractivity contribution in [2.24, 2.45) is 5.92 Å². The van der Waals surface area contributed by atoms with Gasteiger partial charge in [0, 0.05) is 13.2 Å². The minimum Gasteiger partial charge on any atom is -0.368 e. The Bertz CT molecular complexity index is 211. The Morgan fingerprint density at radius 2 is 2.40 bits per heavy atom. The largest absolute Gasteiger partial charge is 0.368 e. The van der Waals surface area contributed by atoms with E-state index in [-0.39, 0.29) is 17.4 Å². The second-order valence-corrected chi connectivity index (χ2v) is 4.81. The van der Waals surface area contributed by atoms with Gasteiger partial charge in [-0.1, -0.05) is 20.3 Å². The Labute approximate surface area is 96.5 Å². The number of alkyl halides is 1. The SMILES string of the molecule is CCCC(Cl)CNC(=O)C1OCCC1C. The van der Waals surface area contributed by atoms with Crippen LogP contribution in [0.5, 0.6) is 0 Å². The van der Waals surface area contributed by atoms with E-state index in [2.05, 4.69) is 12.2 Å². The van der Waals surface area contributed by atoms with Crippen molar-refractivity contribution in [2.75, 3.05) is 13.2 Å². The number of rotatable bonds is 5. The van der Waals surface area contributed by atoms with Gasteiger partial charge < -0.3 is 10.1 Å². The molecule has 0 radical (unpaired) electrons. The lowest BCUT2D eigenvalue weighted by Crippen LogP contribution is -2.39. The summed E-state index contributed by atoms with van der Waals surface area (Å²) in [5, 5.41) is 2.88. The summed E-state index contributed by atoms with van der Waals surface area (Å²) in [4.78, 5) is 11.7. The molecule has 1 rings (SSSR count). The summed E-state index contributed by atoms with van der Waals surface area (Å²) in [6, 6.07) is 0. The van der Waals surface area contributed by atoms with Gasteiger partial charge in [-0.3, -0.25) is 4.79 Å². The Hall–Kier alpha value is -0.280. The van der Waals surface area contributed by atoms with Crippen molar-refractivity contribution in [3.63, 3.8) is 0 Å². The highest BCUT2D eigenvalue weighted by Gasteiger charge is 2.30. The molecule has 1 amide bonds. The highest BCUT2D eigenvalue weighted by atomic mass is 35.5. The van der Waals surface area contributed by atoms with Crippen LogP contribution in [0.15, 0.2) is 0 Å². The van der Waals surface area contributed by atoms with E-state index in [1.165, 1.54) is 0 Å². The highest BCUT2D eigenvalue weighted by molar-refractivity contribution is 6.20. The molecular weight excluding hydrogens is 214 g/mol. The van der Waals surface area contributed by atoms with Crippen LogP contribution in [0.3, 0.4) is 0 Å². The van der Waals surface area contributed by atoms with Gasteiger partial charge in [-0.2, -0.15) is 0 Å². The molecule has 0 bridgehead atoms. The second kappa shape index (κ2) is 6.33. The van der Waals surface area contributed by atoms with Crippen LogP contribution in [0.1, 0.15) is 33.1 Å². The summed E-state index contributed by atoms with van der Waals surface area (Å²) in [6.07, 6.45) is 2.68. The van der Waals surface area contributed by atoms with Crippen molar-refractivity contribution in [1.82, 2.24) is 5.32 Å². The number of nitrogens with one attached hydrogen (secondary N) is 1. The van der Waals surface area contributed by atoms with Crippen molar-refractivity contribution in [1.29, 1.82) is 0 Å². The standard InChI is InChI=1S/C11H20ClNO2/c1-3-4-9(12)7-13-11(14)10-8(2)5-6-15-10/h8-10H,3-7H2,1-2H3,(H,13,14). The maximum atomic E-state index is 11.7. The second-order valence-electron chi connectivity index (χ2n) is 4.19. The summed E-state index contributed by atoms with van der Waals surface area (Å²) < 4.78 is 5.36. The summed E-state index contributed by atoms with van der Waals surface area (Å²) >= 11 is 6.01. The predicted octanol–water partition coefficient (Wildman–Crippen LogP) is 1.94. The molecule has 0 aromatic rings. The molecule has 15 heavy (non-hydrogen) atoms. The fraction of sp³-hybridized carbons (Fsp3) is 0.909. The zero-order chi connectivity index (χ0) is 11.3. The van der Waals surface area contributed by atoms with Crippen molar-refractivity contribution in [2.45, 2.75) is 44.6 Å². The lowest BCUT2D eigenvalue weighted by molar-refractivity contribution is -0.131. The van der Waals surface area contributed by atoms with E-state index in [1.807, 2.05) is 6.92 Å². The van der Waals surface area contributed by atoms with Gasteiger partial charge in [0.2, 0.25) is 5.91 Å². The van der Waals surface area contributed by atoms with Gasteiger partial charge in [-0.05, 0) is 18.8 Å². The zero-order valence-corrected chi connectivity index (χ0v) is 10.2. The summed E-state index contributed by atoms with van der Waals surface area (Å²) in [5.41, 5.74) is 0. The molecule has 1 heterocycles. The Morgan fingerprint density at radius 1 is 1.67 bits per heavy atom. The first kappa shape index (κ1) is 12.8. The number of hydrogen-bond acceptors (Lipinski definition) is 2. The molecule has 3 atom stereocenters. The molecule has 0 saturated carbocycles. The van der Waals surface area contributed by atoms with Crippen molar-refractivity contribution in [3.05, 3.63) is 0 Å². The monoisotopic (exact) mass is 233 g/mol. The zero-order valence-electron chi connectivity index (χ0n) is 9.46. The molecule has 0 spiro atoms. The summed E-state index contributed by atoms with van der Waals surface area (Å²) in [5.74, 6) is 0.312. The minimum absolute atomic E-state index is 0.0123. The summed E-state index contributed by atoms with van der Waals surface area (Å²) in [6.45, 7) is 5.36. The molecule has 1 fully saturated rings. The van der Waals surface area contributed by atoms with E-state index in [1.54, 1.807) is 0 Å². The molecule has 1 N–H and O–H groups in total. The van der Waals surface area contributed by atoms with Gasteiger partial charge in [-0.15, -0.1) is 11.6 Å². The molecule has 1 aliphatic heterocycles. The van der Waals surface area contributed by atoms with E-state index in [0.717, 1.165) is 19.3 Å². The molecule has 0 aromatic carbocycles. The van der Waals surface area contributed by atoms with Crippen molar-refractivity contribution >= 4 is 17.5 Å². The fourth-order valence-electron chi connectivity index (χ4n) is 1.76. The maximum absolute atomic E-state index is 11.7. The first-order valence-corrected chi connectivity index (χ1v) is 6.12. The van der Waals surface area contributed by atoms with Crippen LogP contribution >= 0.6 is 11.6 Å². The van der Waals surface area contributed by atoms with E-state index in [4.69, 9.17) is 16.3 Å². The average molecular weight is 234 g/mol. The number of carbonyl (C=O) groups is 1. The molecule has 3 nitrogen and oxygen atoms in total. The molecule has 1 saturated heterocycles. The lowest BCUT2D eigenvalue weighted by Gasteiger charge is -2.16. The molecule has 1 aliphatic rings. The highest BCUT2D eigenvalue weighted by Crippen LogP contribution is 2.19. The van der Waals surface area contributed by atoms with E-state index in [9.17, 15) is 4.79 Å². The Morgan fingerprint density at radius 3 is 2.93 bits per heavy atom. The normalized spacial score (nSPS) is 27.7. The van der Waals surface area contributed by atoms with Gasteiger partial charge in [-0.25, -0.2) is 0 Å². The third kappa shape index (κ3) is 3.99. The van der Waals surface area contributed by atoms with Crippen LogP contribution in [0.4, 0.5) is 0 Å². The Balaban J connectivity index is 2.23. The summed E-state index contributed by atoms with van der Waals surface area (Å²) in [7, 11) is 0. The van der Waals surface area contributed by atoms with Gasteiger partial charge in [0.15, 0.2) is 0 Å². The van der Waals surface area contributed by atoms with Crippen LogP contribution in [-0.2, 0) is 9.53 Å². The van der Waals surface area contributed by atoms with Crippen LogP contribution in [0.2, 0.25) is 0 Å². The lowest BCUT2D eigenvalue weighted by atomic mass is 10.0. The van der Waals surface area contributed by atoms with Gasteiger partial charge >= 0.3 is 0 Å². The number of amides is 1. The molecule has 4 heteroatoms. The van der Waals surface area contributed by atoms with E-state index >= 15 is 0 Å². The van der Waals surface area contributed by atoms with Gasteiger partial charge in [0.05, 0.1) is 5.38 Å². The number of carbonyl (C=O) groups excluding carboxylic acids is 1. The third-order valence-electron chi connectivity index (χ3n) is 2.75. The molecule has 3 unspecified atom stereocenters. The van der Waals surface area contributed by atoms with Crippen molar-refractivity contribution < 1.29 is 9.53 Å². The number of ether oxygens (including phenoxy) is 1.